The van der Waals surface area contributed by atoms with Gasteiger partial charge in [-0.3, -0.25) is 4.98 Å². The number of halogens is 1. The number of nitrogens with one attached hydrogen (secondary N) is 1. The molecule has 1 aliphatic heterocycles. The Hall–Kier alpha value is -1.32. The van der Waals surface area contributed by atoms with Gasteiger partial charge in [-0.15, -0.1) is 12.4 Å². The molecule has 3 nitrogen and oxygen atoms in total. The second kappa shape index (κ2) is 7.10. The molecular weight excluding hydrogens is 282 g/mol. The van der Waals surface area contributed by atoms with E-state index >= 15 is 0 Å². The van der Waals surface area contributed by atoms with E-state index in [1.165, 1.54) is 42.4 Å². The fourth-order valence-corrected chi connectivity index (χ4v) is 2.97. The van der Waals surface area contributed by atoms with Crippen molar-refractivity contribution in [2.24, 2.45) is 0 Å². The number of anilines is 1. The number of hydrogen-bond acceptors (Lipinski definition) is 3. The highest BCUT2D eigenvalue weighted by molar-refractivity contribution is 5.85. The molecule has 1 N–H and O–H groups in total. The number of hydrogen-bond donors (Lipinski definition) is 1. The van der Waals surface area contributed by atoms with Crippen LogP contribution >= 0.6 is 12.4 Å². The van der Waals surface area contributed by atoms with Crippen LogP contribution < -0.4 is 5.32 Å². The molecule has 0 aliphatic carbocycles. The molecule has 0 amide bonds. The number of rotatable bonds is 3. The first-order valence-electron chi connectivity index (χ1n) is 7.57. The molecule has 3 rings (SSSR count). The van der Waals surface area contributed by atoms with Gasteiger partial charge in [-0.05, 0) is 50.3 Å². The molecule has 1 saturated heterocycles. The molecule has 0 atom stereocenters. The zero-order valence-corrected chi connectivity index (χ0v) is 13.6. The number of likely N-dealkylation sites (tertiary alicyclic amines) is 1. The third kappa shape index (κ3) is 3.86. The Balaban J connectivity index is 0.00000161. The average Bonchev–Trinajstić information content (AvgIpc) is 2.48. The van der Waals surface area contributed by atoms with Crippen molar-refractivity contribution in [1.29, 1.82) is 0 Å². The van der Waals surface area contributed by atoms with Crippen LogP contribution in [0.25, 0.3) is 10.8 Å². The summed E-state index contributed by atoms with van der Waals surface area (Å²) in [5.41, 5.74) is 1.23. The molecule has 0 unspecified atom stereocenters. The average molecular weight is 306 g/mol. The number of pyridine rings is 1. The Kier molecular flexibility index (Phi) is 5.43. The van der Waals surface area contributed by atoms with Crippen molar-refractivity contribution < 1.29 is 0 Å². The maximum absolute atomic E-state index is 4.16. The van der Waals surface area contributed by atoms with Gasteiger partial charge in [-0.1, -0.05) is 6.07 Å². The van der Waals surface area contributed by atoms with Crippen molar-refractivity contribution in [3.05, 3.63) is 36.7 Å². The molecule has 1 aliphatic rings. The summed E-state index contributed by atoms with van der Waals surface area (Å²) in [6.45, 7) is 6.97. The lowest BCUT2D eigenvalue weighted by molar-refractivity contribution is 0.177. The minimum atomic E-state index is 0. The van der Waals surface area contributed by atoms with E-state index in [9.17, 15) is 0 Å². The summed E-state index contributed by atoms with van der Waals surface area (Å²) in [7, 11) is 0. The van der Waals surface area contributed by atoms with Crippen LogP contribution in [-0.4, -0.2) is 35.1 Å². The van der Waals surface area contributed by atoms with E-state index in [1.54, 1.807) is 0 Å². The minimum absolute atomic E-state index is 0. The van der Waals surface area contributed by atoms with Crippen molar-refractivity contribution in [2.45, 2.75) is 38.8 Å². The van der Waals surface area contributed by atoms with E-state index in [1.807, 2.05) is 12.4 Å². The summed E-state index contributed by atoms with van der Waals surface area (Å²) in [6, 6.07) is 9.88. The summed E-state index contributed by atoms with van der Waals surface area (Å²) in [6.07, 6.45) is 6.23. The van der Waals surface area contributed by atoms with Gasteiger partial charge in [0.05, 0.1) is 0 Å². The molecule has 2 heterocycles. The van der Waals surface area contributed by atoms with Crippen LogP contribution in [0.5, 0.6) is 0 Å². The third-order valence-electron chi connectivity index (χ3n) is 4.27. The van der Waals surface area contributed by atoms with Gasteiger partial charge in [0.25, 0.3) is 0 Å². The monoisotopic (exact) mass is 305 g/mol. The van der Waals surface area contributed by atoms with Crippen LogP contribution in [-0.2, 0) is 0 Å². The van der Waals surface area contributed by atoms with Gasteiger partial charge in [0.15, 0.2) is 0 Å². The predicted octanol–water partition coefficient (Wildman–Crippen LogP) is 3.94. The Morgan fingerprint density at radius 1 is 1.14 bits per heavy atom. The van der Waals surface area contributed by atoms with E-state index in [2.05, 4.69) is 53.3 Å². The summed E-state index contributed by atoms with van der Waals surface area (Å²) in [5.74, 6) is 0. The van der Waals surface area contributed by atoms with Crippen LogP contribution in [0.15, 0.2) is 36.7 Å². The lowest BCUT2D eigenvalue weighted by Crippen LogP contribution is -2.42. The Morgan fingerprint density at radius 3 is 2.62 bits per heavy atom. The van der Waals surface area contributed by atoms with E-state index in [0.29, 0.717) is 12.1 Å². The lowest BCUT2D eigenvalue weighted by atomic mass is 10.0. The highest BCUT2D eigenvalue weighted by atomic mass is 35.5. The predicted molar refractivity (Wildman–Crippen MR) is 92.3 cm³/mol. The molecule has 1 aromatic heterocycles. The van der Waals surface area contributed by atoms with Crippen molar-refractivity contribution in [3.63, 3.8) is 0 Å². The number of piperidine rings is 1. The van der Waals surface area contributed by atoms with Gasteiger partial charge in [0.1, 0.15) is 0 Å². The maximum Gasteiger partial charge on any atom is 0.0348 e. The van der Waals surface area contributed by atoms with E-state index in [4.69, 9.17) is 0 Å². The summed E-state index contributed by atoms with van der Waals surface area (Å²) >= 11 is 0. The Bertz CT molecular complexity index is 577. The molecular formula is C17H24ClN3. The maximum atomic E-state index is 4.16. The van der Waals surface area contributed by atoms with Gasteiger partial charge in [0.2, 0.25) is 0 Å². The number of aromatic nitrogens is 1. The summed E-state index contributed by atoms with van der Waals surface area (Å²) < 4.78 is 0. The van der Waals surface area contributed by atoms with Crippen molar-refractivity contribution in [1.82, 2.24) is 9.88 Å². The number of nitrogens with zero attached hydrogens (tertiary/aromatic N) is 2. The van der Waals surface area contributed by atoms with E-state index in [-0.39, 0.29) is 12.4 Å². The molecule has 1 fully saturated rings. The van der Waals surface area contributed by atoms with Gasteiger partial charge in [0, 0.05) is 48.6 Å². The first-order valence-corrected chi connectivity index (χ1v) is 7.57. The van der Waals surface area contributed by atoms with Crippen molar-refractivity contribution in [3.8, 4) is 0 Å². The normalized spacial score (nSPS) is 16.9. The molecule has 0 bridgehead atoms. The van der Waals surface area contributed by atoms with E-state index < -0.39 is 0 Å². The molecule has 2 aromatic rings. The van der Waals surface area contributed by atoms with Crippen LogP contribution in [0.2, 0.25) is 0 Å². The molecule has 0 radical (unpaired) electrons. The summed E-state index contributed by atoms with van der Waals surface area (Å²) in [5, 5.41) is 6.14. The largest absolute Gasteiger partial charge is 0.382 e. The minimum Gasteiger partial charge on any atom is -0.382 e. The number of fused-ring (bicyclic) bond motifs is 1. The van der Waals surface area contributed by atoms with Gasteiger partial charge >= 0.3 is 0 Å². The molecule has 1 aromatic carbocycles. The highest BCUT2D eigenvalue weighted by Gasteiger charge is 2.20. The Morgan fingerprint density at radius 2 is 1.90 bits per heavy atom. The first kappa shape index (κ1) is 16.1. The quantitative estimate of drug-likeness (QED) is 0.931. The van der Waals surface area contributed by atoms with Crippen molar-refractivity contribution >= 4 is 28.9 Å². The zero-order valence-electron chi connectivity index (χ0n) is 12.7. The lowest BCUT2D eigenvalue weighted by Gasteiger charge is -2.35. The highest BCUT2D eigenvalue weighted by Crippen LogP contribution is 2.21. The van der Waals surface area contributed by atoms with E-state index in [0.717, 1.165) is 0 Å². The Labute approximate surface area is 133 Å². The topological polar surface area (TPSA) is 28.2 Å². The molecule has 0 saturated carbocycles. The molecule has 4 heteroatoms. The fraction of sp³-hybridized carbons (Fsp3) is 0.471. The smallest absolute Gasteiger partial charge is 0.0348 e. The number of benzene rings is 1. The molecule has 21 heavy (non-hydrogen) atoms. The second-order valence-corrected chi connectivity index (χ2v) is 5.99. The molecule has 114 valence electrons. The second-order valence-electron chi connectivity index (χ2n) is 5.99. The zero-order chi connectivity index (χ0) is 13.9. The van der Waals surface area contributed by atoms with Crippen molar-refractivity contribution in [2.75, 3.05) is 18.4 Å². The van der Waals surface area contributed by atoms with Gasteiger partial charge < -0.3 is 10.2 Å². The standard InChI is InChI=1S/C17H23N3.ClH/c1-13(2)20-9-6-16(7-10-20)19-17-4-3-15-12-18-8-5-14(15)11-17;/h3-5,8,11-13,16,19H,6-7,9-10H2,1-2H3;1H. The van der Waals surface area contributed by atoms with Gasteiger partial charge in [-0.2, -0.15) is 0 Å². The SMILES string of the molecule is CC(C)N1CCC(Nc2ccc3cnccc3c2)CC1.Cl. The van der Waals surface area contributed by atoms with Crippen LogP contribution in [0.4, 0.5) is 5.69 Å². The first-order chi connectivity index (χ1) is 9.72. The summed E-state index contributed by atoms with van der Waals surface area (Å²) in [4.78, 5) is 6.72. The van der Waals surface area contributed by atoms with Crippen LogP contribution in [0, 0.1) is 0 Å². The van der Waals surface area contributed by atoms with Crippen LogP contribution in [0.1, 0.15) is 26.7 Å². The fourth-order valence-electron chi connectivity index (χ4n) is 2.97. The van der Waals surface area contributed by atoms with Gasteiger partial charge in [-0.25, -0.2) is 0 Å². The third-order valence-corrected chi connectivity index (χ3v) is 4.27. The molecule has 0 spiro atoms. The van der Waals surface area contributed by atoms with Crippen LogP contribution in [0.3, 0.4) is 0 Å².